The summed E-state index contributed by atoms with van der Waals surface area (Å²) >= 11 is 0. The van der Waals surface area contributed by atoms with Crippen molar-refractivity contribution in [2.24, 2.45) is 4.99 Å². The fourth-order valence-corrected chi connectivity index (χ4v) is 2.79. The molecule has 0 aliphatic carbocycles. The van der Waals surface area contributed by atoms with E-state index in [4.69, 9.17) is 4.52 Å². The zero-order valence-electron chi connectivity index (χ0n) is 14.6. The van der Waals surface area contributed by atoms with E-state index in [0.717, 1.165) is 0 Å². The van der Waals surface area contributed by atoms with E-state index in [-0.39, 0.29) is 12.3 Å². The molecule has 144 valence electrons. The highest BCUT2D eigenvalue weighted by molar-refractivity contribution is 5.86. The first-order valence-electron chi connectivity index (χ1n) is 8.10. The Kier molecular flexibility index (Phi) is 4.97. The molecule has 0 bridgehead atoms. The predicted octanol–water partition coefficient (Wildman–Crippen LogP) is 3.77. The van der Waals surface area contributed by atoms with Gasteiger partial charge < -0.3 is 19.3 Å². The lowest BCUT2D eigenvalue weighted by molar-refractivity contribution is -0.274. The van der Waals surface area contributed by atoms with Crippen LogP contribution in [-0.2, 0) is 0 Å². The fourth-order valence-electron chi connectivity index (χ4n) is 2.79. The second kappa shape index (κ2) is 7.07. The Balaban J connectivity index is 1.92. The molecule has 2 heterocycles. The van der Waals surface area contributed by atoms with E-state index >= 15 is 0 Å². The van der Waals surface area contributed by atoms with Gasteiger partial charge in [-0.05, 0) is 49.8 Å². The molecule has 1 aromatic carbocycles. The van der Waals surface area contributed by atoms with Crippen molar-refractivity contribution < 1.29 is 27.5 Å². The molecule has 3 rings (SSSR count). The third-order valence-electron chi connectivity index (χ3n) is 3.75. The molecule has 2 aromatic rings. The summed E-state index contributed by atoms with van der Waals surface area (Å²) in [6.07, 6.45) is 1.10. The number of benzene rings is 1. The quantitative estimate of drug-likeness (QED) is 0.854. The number of aromatic nitrogens is 1. The van der Waals surface area contributed by atoms with Crippen LogP contribution in [0.15, 0.2) is 52.3 Å². The number of alkyl halides is 3. The highest BCUT2D eigenvalue weighted by Crippen LogP contribution is 2.35. The van der Waals surface area contributed by atoms with E-state index in [9.17, 15) is 18.3 Å². The first-order valence-corrected chi connectivity index (χ1v) is 8.10. The Morgan fingerprint density at radius 3 is 2.48 bits per heavy atom. The lowest BCUT2D eigenvalue weighted by Gasteiger charge is -2.38. The Morgan fingerprint density at radius 1 is 1.22 bits per heavy atom. The molecule has 6 nitrogen and oxygen atoms in total. The molecule has 1 aliphatic heterocycles. The summed E-state index contributed by atoms with van der Waals surface area (Å²) in [7, 11) is 0. The lowest BCUT2D eigenvalue weighted by Crippen LogP contribution is -2.40. The smallest absolute Gasteiger partial charge is 0.406 e. The van der Waals surface area contributed by atoms with Gasteiger partial charge in [-0.15, -0.1) is 13.2 Å². The van der Waals surface area contributed by atoms with E-state index in [1.165, 1.54) is 36.7 Å². The number of ether oxygens (including phenoxy) is 1. The molecule has 27 heavy (non-hydrogen) atoms. The molecule has 9 heteroatoms. The molecule has 1 atom stereocenters. The standard InChI is InChI=1S/C18H18F3N3O3/c1-17(2,25)11-24-15(7-8-22-16(24)13-9-23-26-10-13)12-3-5-14(6-4-12)27-18(19,20)21/h3-10,16,25H,11H2,1-2H3. The van der Waals surface area contributed by atoms with Gasteiger partial charge in [0.25, 0.3) is 0 Å². The van der Waals surface area contributed by atoms with Crippen LogP contribution in [0.5, 0.6) is 5.75 Å². The number of allylic oxidation sites excluding steroid dienone is 1. The zero-order valence-corrected chi connectivity index (χ0v) is 14.6. The number of nitrogens with zero attached hydrogens (tertiary/aromatic N) is 3. The van der Waals surface area contributed by atoms with Crippen LogP contribution in [0.4, 0.5) is 13.2 Å². The molecule has 0 saturated carbocycles. The molecule has 0 saturated heterocycles. The Bertz CT molecular complexity index is 822. The van der Waals surface area contributed by atoms with E-state index in [2.05, 4.69) is 14.9 Å². The average molecular weight is 381 g/mol. The van der Waals surface area contributed by atoms with Crippen molar-refractivity contribution in [3.63, 3.8) is 0 Å². The average Bonchev–Trinajstić information content (AvgIpc) is 3.07. The first kappa shape index (κ1) is 19.0. The third kappa shape index (κ3) is 4.88. The van der Waals surface area contributed by atoms with Crippen molar-refractivity contribution in [3.05, 3.63) is 53.9 Å². The SMILES string of the molecule is CC(C)(O)CN1C(c2ccc(OC(F)(F)F)cc2)=CC=NC1c1cnoc1. The Labute approximate surface area is 153 Å². The number of halogens is 3. The van der Waals surface area contributed by atoms with E-state index < -0.39 is 18.1 Å². The minimum absolute atomic E-state index is 0.229. The summed E-state index contributed by atoms with van der Waals surface area (Å²) < 4.78 is 45.9. The number of hydrogen-bond donors (Lipinski definition) is 1. The summed E-state index contributed by atoms with van der Waals surface area (Å²) in [6, 6.07) is 5.53. The van der Waals surface area contributed by atoms with Gasteiger partial charge in [0.2, 0.25) is 0 Å². The number of β-amino-alcohol motifs (C(OH)–C–C–N with tert-alkyl or cyclic N) is 1. The topological polar surface area (TPSA) is 71.1 Å². The van der Waals surface area contributed by atoms with E-state index in [0.29, 0.717) is 16.8 Å². The van der Waals surface area contributed by atoms with Gasteiger partial charge >= 0.3 is 6.36 Å². The third-order valence-corrected chi connectivity index (χ3v) is 3.75. The van der Waals surface area contributed by atoms with Crippen molar-refractivity contribution in [2.75, 3.05) is 6.54 Å². The summed E-state index contributed by atoms with van der Waals surface area (Å²) in [4.78, 5) is 6.26. The van der Waals surface area contributed by atoms with Gasteiger partial charge in [0.05, 0.1) is 17.4 Å². The minimum atomic E-state index is -4.75. The van der Waals surface area contributed by atoms with Gasteiger partial charge in [0.15, 0.2) is 6.17 Å². The second-order valence-corrected chi connectivity index (χ2v) is 6.69. The zero-order chi connectivity index (χ0) is 19.7. The number of rotatable bonds is 5. The van der Waals surface area contributed by atoms with Gasteiger partial charge in [0, 0.05) is 18.5 Å². The molecule has 0 radical (unpaired) electrons. The number of aliphatic hydroxyl groups is 1. The lowest BCUT2D eigenvalue weighted by atomic mass is 10.0. The van der Waals surface area contributed by atoms with E-state index in [1.807, 2.05) is 4.90 Å². The van der Waals surface area contributed by atoms with Gasteiger partial charge in [-0.1, -0.05) is 5.16 Å². The summed E-state index contributed by atoms with van der Waals surface area (Å²) in [5.74, 6) is -0.305. The molecule has 1 N–H and O–H groups in total. The molecule has 0 spiro atoms. The minimum Gasteiger partial charge on any atom is -0.406 e. The maximum Gasteiger partial charge on any atom is 0.573 e. The molecular weight excluding hydrogens is 363 g/mol. The molecular formula is C18H18F3N3O3. The van der Waals surface area contributed by atoms with Gasteiger partial charge in [-0.25, -0.2) is 0 Å². The maximum atomic E-state index is 12.4. The molecule has 1 unspecified atom stereocenters. The molecule has 1 aromatic heterocycles. The van der Waals surface area contributed by atoms with Crippen LogP contribution >= 0.6 is 0 Å². The van der Waals surface area contributed by atoms with Crippen molar-refractivity contribution in [1.29, 1.82) is 0 Å². The predicted molar refractivity (Wildman–Crippen MR) is 91.8 cm³/mol. The Hall–Kier alpha value is -2.81. The van der Waals surface area contributed by atoms with Crippen molar-refractivity contribution in [3.8, 4) is 5.75 Å². The van der Waals surface area contributed by atoms with Crippen LogP contribution in [0.2, 0.25) is 0 Å². The van der Waals surface area contributed by atoms with Crippen LogP contribution in [0.25, 0.3) is 5.70 Å². The summed E-state index contributed by atoms with van der Waals surface area (Å²) in [5.41, 5.74) is 0.997. The van der Waals surface area contributed by atoms with Crippen LogP contribution in [0.3, 0.4) is 0 Å². The Morgan fingerprint density at radius 2 is 1.93 bits per heavy atom. The highest BCUT2D eigenvalue weighted by Gasteiger charge is 2.32. The van der Waals surface area contributed by atoms with Gasteiger partial charge in [-0.3, -0.25) is 4.99 Å². The monoisotopic (exact) mass is 381 g/mol. The number of hydrogen-bond acceptors (Lipinski definition) is 6. The van der Waals surface area contributed by atoms with Crippen LogP contribution in [0, 0.1) is 0 Å². The molecule has 0 amide bonds. The van der Waals surface area contributed by atoms with Crippen molar-refractivity contribution in [2.45, 2.75) is 32.0 Å². The molecule has 0 fully saturated rings. The van der Waals surface area contributed by atoms with Crippen molar-refractivity contribution >= 4 is 11.9 Å². The van der Waals surface area contributed by atoms with Crippen LogP contribution in [0.1, 0.15) is 31.1 Å². The molecule has 1 aliphatic rings. The fraction of sp³-hybridized carbons (Fsp3) is 0.333. The normalized spacial score (nSPS) is 17.8. The van der Waals surface area contributed by atoms with Gasteiger partial charge in [-0.2, -0.15) is 0 Å². The van der Waals surface area contributed by atoms with E-state index in [1.54, 1.807) is 26.1 Å². The summed E-state index contributed by atoms with van der Waals surface area (Å²) in [6.45, 7) is 3.55. The van der Waals surface area contributed by atoms with Crippen molar-refractivity contribution in [1.82, 2.24) is 10.1 Å². The maximum absolute atomic E-state index is 12.4. The van der Waals surface area contributed by atoms with Crippen LogP contribution < -0.4 is 4.74 Å². The van der Waals surface area contributed by atoms with Crippen LogP contribution in [-0.4, -0.2) is 39.9 Å². The number of aliphatic imine (C=N–C) groups is 1. The first-order chi connectivity index (χ1) is 12.6. The largest absolute Gasteiger partial charge is 0.573 e. The highest BCUT2D eigenvalue weighted by atomic mass is 19.4. The summed E-state index contributed by atoms with van der Waals surface area (Å²) in [5, 5.41) is 14.0. The second-order valence-electron chi connectivity index (χ2n) is 6.69. The van der Waals surface area contributed by atoms with Gasteiger partial charge in [0.1, 0.15) is 12.0 Å².